The average molecular weight is 309 g/mol. The molecule has 1 aromatic rings. The highest BCUT2D eigenvalue weighted by Crippen LogP contribution is 2.46. The van der Waals surface area contributed by atoms with Crippen LogP contribution in [0.5, 0.6) is 5.75 Å². The molecule has 1 heterocycles. The first-order valence-electron chi connectivity index (χ1n) is 4.60. The van der Waals surface area contributed by atoms with Gasteiger partial charge in [-0.25, -0.2) is 4.79 Å². The number of nitrogens with zero attached hydrogens (tertiary/aromatic N) is 3. The Labute approximate surface area is 116 Å². The monoisotopic (exact) mass is 307 g/mol. The molecule has 1 amide bonds. The summed E-state index contributed by atoms with van der Waals surface area (Å²) in [5.41, 5.74) is 8.62. The maximum Gasteiger partial charge on any atom is 0.402 e. The van der Waals surface area contributed by atoms with Crippen molar-refractivity contribution in [3.63, 3.8) is 0 Å². The number of hydrogen-bond acceptors (Lipinski definition) is 3. The highest BCUT2D eigenvalue weighted by molar-refractivity contribution is 6.45. The molecular weight excluding hydrogens is 304 g/mol. The van der Waals surface area contributed by atoms with Gasteiger partial charge in [0.05, 0.1) is 16.7 Å². The number of carbonyl (C=O) groups is 1. The van der Waals surface area contributed by atoms with Gasteiger partial charge in [-0.2, -0.15) is 0 Å². The van der Waals surface area contributed by atoms with Crippen molar-refractivity contribution >= 4 is 40.9 Å². The molecule has 0 saturated carbocycles. The van der Waals surface area contributed by atoms with Crippen LogP contribution in [0.4, 0.5) is 4.79 Å². The molecule has 0 aliphatic carbocycles. The Hall–Kier alpha value is -1.17. The van der Waals surface area contributed by atoms with E-state index in [-0.39, 0.29) is 26.9 Å². The van der Waals surface area contributed by atoms with Crippen LogP contribution in [0, 0.1) is 0 Å². The molecule has 0 N–H and O–H groups in total. The summed E-state index contributed by atoms with van der Waals surface area (Å²) in [6.07, 6.45) is -1.34. The first-order valence-corrected chi connectivity index (χ1v) is 5.74. The molecule has 1 atom stereocenters. The van der Waals surface area contributed by atoms with Crippen LogP contribution in [0.1, 0.15) is 11.7 Å². The van der Waals surface area contributed by atoms with E-state index in [1.807, 2.05) is 0 Å². The van der Waals surface area contributed by atoms with Crippen molar-refractivity contribution in [3.8, 4) is 5.75 Å². The number of carbonyl (C=O) groups excluding carboxylic acids is 1. The van der Waals surface area contributed by atoms with Crippen molar-refractivity contribution in [1.29, 1.82) is 0 Å². The molecule has 1 aliphatic heterocycles. The van der Waals surface area contributed by atoms with Crippen molar-refractivity contribution in [3.05, 3.63) is 37.1 Å². The van der Waals surface area contributed by atoms with Crippen molar-refractivity contribution in [2.24, 2.45) is 5.11 Å². The first kappa shape index (κ1) is 13.3. The maximum atomic E-state index is 11.0. The van der Waals surface area contributed by atoms with Crippen LogP contribution in [0.3, 0.4) is 0 Å². The van der Waals surface area contributed by atoms with Crippen LogP contribution >= 0.6 is 34.8 Å². The predicted molar refractivity (Wildman–Crippen MR) is 65.3 cm³/mol. The third kappa shape index (κ3) is 2.63. The predicted octanol–water partition coefficient (Wildman–Crippen LogP) is 4.53. The number of halogens is 3. The molecule has 1 aromatic carbocycles. The quantitative estimate of drug-likeness (QED) is 0.264. The molecule has 1 unspecified atom stereocenters. The minimum absolute atomic E-state index is 0.00746. The summed E-state index contributed by atoms with van der Waals surface area (Å²) in [6, 6.07) is 1.32. The van der Waals surface area contributed by atoms with E-state index in [1.54, 1.807) is 0 Å². The van der Waals surface area contributed by atoms with Gasteiger partial charge >= 0.3 is 6.09 Å². The molecule has 6 nitrogen and oxygen atoms in total. The number of epoxide rings is 1. The maximum absolute atomic E-state index is 11.0. The minimum Gasteiger partial charge on any atom is -0.420 e. The van der Waals surface area contributed by atoms with Crippen LogP contribution in [0.15, 0.2) is 11.2 Å². The van der Waals surface area contributed by atoms with Gasteiger partial charge in [0.15, 0.2) is 5.75 Å². The lowest BCUT2D eigenvalue weighted by molar-refractivity contribution is 0.211. The largest absolute Gasteiger partial charge is 0.420 e. The van der Waals surface area contributed by atoms with Gasteiger partial charge in [0.25, 0.3) is 0 Å². The van der Waals surface area contributed by atoms with Gasteiger partial charge in [-0.3, -0.25) is 0 Å². The number of benzene rings is 1. The van der Waals surface area contributed by atoms with Crippen LogP contribution in [0.25, 0.3) is 10.4 Å². The second-order valence-corrected chi connectivity index (χ2v) is 4.44. The zero-order valence-electron chi connectivity index (χ0n) is 8.56. The van der Waals surface area contributed by atoms with Crippen molar-refractivity contribution in [1.82, 2.24) is 0 Å². The Morgan fingerprint density at radius 3 is 2.72 bits per heavy atom. The van der Waals surface area contributed by atoms with Crippen molar-refractivity contribution in [2.45, 2.75) is 6.10 Å². The van der Waals surface area contributed by atoms with Gasteiger partial charge < -0.3 is 9.47 Å². The standard InChI is InChI=1S/C9H4Cl3N3O3/c10-3-1-4(18-9(16)14-15-13)7(11)8(12)6(3)5-2-17-5/h1,5H,2H2. The number of rotatable bonds is 2. The summed E-state index contributed by atoms with van der Waals surface area (Å²) >= 11 is 17.9. The summed E-state index contributed by atoms with van der Waals surface area (Å²) in [5.74, 6) is -0.0755. The second kappa shape index (κ2) is 5.22. The first-order chi connectivity index (χ1) is 8.54. The van der Waals surface area contributed by atoms with Crippen molar-refractivity contribution < 1.29 is 14.3 Å². The van der Waals surface area contributed by atoms with E-state index in [4.69, 9.17) is 49.8 Å². The third-order valence-electron chi connectivity index (χ3n) is 2.14. The van der Waals surface area contributed by atoms with Crippen LogP contribution < -0.4 is 4.74 Å². The summed E-state index contributed by atoms with van der Waals surface area (Å²) in [5, 5.41) is 3.16. The van der Waals surface area contributed by atoms with Gasteiger partial charge in [0.1, 0.15) is 11.1 Å². The molecule has 1 aliphatic rings. The van der Waals surface area contributed by atoms with E-state index in [0.717, 1.165) is 0 Å². The molecule has 94 valence electrons. The van der Waals surface area contributed by atoms with Gasteiger partial charge in [0.2, 0.25) is 0 Å². The smallest absolute Gasteiger partial charge is 0.402 e. The fraction of sp³-hybridized carbons (Fsp3) is 0.222. The SMILES string of the molecule is [N-]=[N+]=NC(=O)Oc1cc(Cl)c(C2CO2)c(Cl)c1Cl. The van der Waals surface area contributed by atoms with Gasteiger partial charge in [-0.1, -0.05) is 34.8 Å². The van der Waals surface area contributed by atoms with Crippen LogP contribution in [-0.4, -0.2) is 12.7 Å². The fourth-order valence-corrected chi connectivity index (χ4v) is 2.20. The number of azide groups is 1. The molecule has 2 rings (SSSR count). The molecule has 0 spiro atoms. The summed E-state index contributed by atoms with van der Waals surface area (Å²) in [4.78, 5) is 13.3. The molecule has 0 radical (unpaired) electrons. The van der Waals surface area contributed by atoms with Crippen LogP contribution in [0.2, 0.25) is 15.1 Å². The van der Waals surface area contributed by atoms with Gasteiger partial charge in [0, 0.05) is 21.7 Å². The Bertz CT molecular complexity index is 568. The van der Waals surface area contributed by atoms with E-state index in [2.05, 4.69) is 10.0 Å². The number of amides is 1. The molecule has 0 bridgehead atoms. The van der Waals surface area contributed by atoms with Gasteiger partial charge in [-0.05, 0) is 5.53 Å². The van der Waals surface area contributed by atoms with Gasteiger partial charge in [-0.15, -0.1) is 0 Å². The molecule has 9 heteroatoms. The Morgan fingerprint density at radius 1 is 1.50 bits per heavy atom. The Balaban J connectivity index is 2.38. The summed E-state index contributed by atoms with van der Waals surface area (Å²) in [6.45, 7) is 0.508. The topological polar surface area (TPSA) is 87.6 Å². The fourth-order valence-electron chi connectivity index (χ4n) is 1.32. The van der Waals surface area contributed by atoms with E-state index < -0.39 is 6.09 Å². The second-order valence-electron chi connectivity index (χ2n) is 3.28. The normalized spacial score (nSPS) is 16.9. The van der Waals surface area contributed by atoms with E-state index >= 15 is 0 Å². The lowest BCUT2D eigenvalue weighted by atomic mass is 10.1. The molecule has 18 heavy (non-hydrogen) atoms. The Morgan fingerprint density at radius 2 is 2.17 bits per heavy atom. The molecular formula is C9H4Cl3N3O3. The average Bonchev–Trinajstić information content (AvgIpc) is 3.10. The number of ether oxygens (including phenoxy) is 2. The third-order valence-corrected chi connectivity index (χ3v) is 3.32. The Kier molecular flexibility index (Phi) is 3.85. The molecule has 0 aromatic heterocycles. The van der Waals surface area contributed by atoms with E-state index in [0.29, 0.717) is 12.2 Å². The zero-order chi connectivity index (χ0) is 13.3. The van der Waals surface area contributed by atoms with Crippen molar-refractivity contribution in [2.75, 3.05) is 6.61 Å². The lowest BCUT2D eigenvalue weighted by Gasteiger charge is -2.10. The molecule has 1 saturated heterocycles. The van der Waals surface area contributed by atoms with E-state index in [9.17, 15) is 4.79 Å². The summed E-state index contributed by atoms with van der Waals surface area (Å²) < 4.78 is 9.77. The highest BCUT2D eigenvalue weighted by Gasteiger charge is 2.32. The zero-order valence-corrected chi connectivity index (χ0v) is 10.8. The van der Waals surface area contributed by atoms with Crippen LogP contribution in [-0.2, 0) is 4.74 Å². The number of hydrogen-bond donors (Lipinski definition) is 0. The summed E-state index contributed by atoms with van der Waals surface area (Å²) in [7, 11) is 0. The molecule has 1 fully saturated rings. The minimum atomic E-state index is -1.15. The highest BCUT2D eigenvalue weighted by atomic mass is 35.5. The van der Waals surface area contributed by atoms with E-state index in [1.165, 1.54) is 6.07 Å². The lowest BCUT2D eigenvalue weighted by Crippen LogP contribution is -2.02.